The van der Waals surface area contributed by atoms with Gasteiger partial charge in [-0.05, 0) is 17.1 Å². The molecule has 0 saturated heterocycles. The number of carbonyl (C=O) groups is 2. The normalized spacial score (nSPS) is 13.2. The van der Waals surface area contributed by atoms with E-state index in [1.165, 1.54) is 20.3 Å². The lowest BCUT2D eigenvalue weighted by Gasteiger charge is -2.20. The Morgan fingerprint density at radius 1 is 1.06 bits per heavy atom. The maximum Gasteiger partial charge on any atom is 0.373 e. The zero-order valence-corrected chi connectivity index (χ0v) is 10.7. The third-order valence-corrected chi connectivity index (χ3v) is 2.04. The molecule has 5 nitrogen and oxygen atoms in total. The molecule has 0 atom stereocenters. The molecule has 0 aliphatic heterocycles. The third-order valence-electron chi connectivity index (χ3n) is 2.04. The summed E-state index contributed by atoms with van der Waals surface area (Å²) in [7, 11) is 2.55. The van der Waals surface area contributed by atoms with Gasteiger partial charge in [0.05, 0.1) is 14.2 Å². The van der Waals surface area contributed by atoms with E-state index in [1.54, 1.807) is 0 Å². The number of ether oxygens (including phenoxy) is 2. The summed E-state index contributed by atoms with van der Waals surface area (Å²) in [6, 6.07) is 0. The van der Waals surface area contributed by atoms with Crippen LogP contribution >= 0.6 is 0 Å². The Bertz CT molecular complexity index is 358. The SMILES string of the molecule is COC(=O)/C(=C/C(=C/C(=O)O)C(C)(C)C)OC. The Labute approximate surface area is 101 Å². The number of carbonyl (C=O) groups excluding carboxylic acids is 1. The first-order chi connectivity index (χ1) is 7.72. The average Bonchev–Trinajstić information content (AvgIpc) is 2.21. The second kappa shape index (κ2) is 6.08. The summed E-state index contributed by atoms with van der Waals surface area (Å²) in [5.74, 6) is -1.76. The van der Waals surface area contributed by atoms with Gasteiger partial charge in [-0.15, -0.1) is 0 Å². The highest BCUT2D eigenvalue weighted by Crippen LogP contribution is 2.27. The molecule has 0 amide bonds. The Morgan fingerprint density at radius 3 is 1.88 bits per heavy atom. The summed E-state index contributed by atoms with van der Waals surface area (Å²) in [4.78, 5) is 22.0. The van der Waals surface area contributed by atoms with Crippen LogP contribution in [0.25, 0.3) is 0 Å². The van der Waals surface area contributed by atoms with Gasteiger partial charge in [-0.2, -0.15) is 0 Å². The van der Waals surface area contributed by atoms with Crippen molar-refractivity contribution in [3.8, 4) is 0 Å². The highest BCUT2D eigenvalue weighted by molar-refractivity contribution is 5.88. The predicted molar refractivity (Wildman–Crippen MR) is 62.3 cm³/mol. The molecule has 5 heteroatoms. The molecule has 0 aromatic rings. The van der Waals surface area contributed by atoms with E-state index in [0.29, 0.717) is 5.57 Å². The van der Waals surface area contributed by atoms with E-state index in [1.807, 2.05) is 20.8 Å². The molecule has 0 bridgehead atoms. The first kappa shape index (κ1) is 15.2. The van der Waals surface area contributed by atoms with Gasteiger partial charge in [0.2, 0.25) is 5.76 Å². The molecule has 0 fully saturated rings. The van der Waals surface area contributed by atoms with E-state index < -0.39 is 17.4 Å². The van der Waals surface area contributed by atoms with E-state index in [2.05, 4.69) is 4.74 Å². The predicted octanol–water partition coefficient (Wildman–Crippen LogP) is 1.75. The van der Waals surface area contributed by atoms with Crippen LogP contribution in [-0.4, -0.2) is 31.3 Å². The first-order valence-corrected chi connectivity index (χ1v) is 5.01. The number of carboxylic acid groups (broad SMARTS) is 1. The fourth-order valence-electron chi connectivity index (χ4n) is 1.05. The Morgan fingerprint density at radius 2 is 1.59 bits per heavy atom. The van der Waals surface area contributed by atoms with Crippen molar-refractivity contribution in [1.82, 2.24) is 0 Å². The quantitative estimate of drug-likeness (QED) is 0.352. The number of carboxylic acids is 1. The highest BCUT2D eigenvalue weighted by Gasteiger charge is 2.20. The van der Waals surface area contributed by atoms with Crippen molar-refractivity contribution in [2.24, 2.45) is 5.41 Å². The smallest absolute Gasteiger partial charge is 0.373 e. The number of rotatable bonds is 4. The number of allylic oxidation sites excluding steroid dienone is 2. The lowest BCUT2D eigenvalue weighted by atomic mass is 9.85. The number of hydrogen-bond acceptors (Lipinski definition) is 4. The van der Waals surface area contributed by atoms with Crippen LogP contribution in [-0.2, 0) is 19.1 Å². The van der Waals surface area contributed by atoms with Crippen LogP contribution in [0.3, 0.4) is 0 Å². The minimum Gasteiger partial charge on any atom is -0.490 e. The van der Waals surface area contributed by atoms with Gasteiger partial charge in [-0.25, -0.2) is 9.59 Å². The van der Waals surface area contributed by atoms with Crippen molar-refractivity contribution in [2.45, 2.75) is 20.8 Å². The van der Waals surface area contributed by atoms with Crippen LogP contribution in [0, 0.1) is 5.41 Å². The zero-order valence-electron chi connectivity index (χ0n) is 10.7. The highest BCUT2D eigenvalue weighted by atomic mass is 16.6. The van der Waals surface area contributed by atoms with Gasteiger partial charge in [-0.1, -0.05) is 20.8 Å². The van der Waals surface area contributed by atoms with Crippen molar-refractivity contribution in [2.75, 3.05) is 14.2 Å². The van der Waals surface area contributed by atoms with Crippen LogP contribution in [0.2, 0.25) is 0 Å². The summed E-state index contributed by atoms with van der Waals surface area (Å²) in [5.41, 5.74) is 0.0446. The van der Waals surface area contributed by atoms with Crippen molar-refractivity contribution >= 4 is 11.9 Å². The van der Waals surface area contributed by atoms with Gasteiger partial charge in [0.1, 0.15) is 0 Å². The molecule has 0 aromatic heterocycles. The molecule has 17 heavy (non-hydrogen) atoms. The van der Waals surface area contributed by atoms with E-state index in [9.17, 15) is 9.59 Å². The maximum atomic E-state index is 11.3. The topological polar surface area (TPSA) is 72.8 Å². The standard InChI is InChI=1S/C12H18O5/c1-12(2,3)8(7-10(13)14)6-9(16-4)11(15)17-5/h6-7H,1-5H3,(H,13,14)/b8-7-,9-6-. The first-order valence-electron chi connectivity index (χ1n) is 5.01. The number of esters is 1. The lowest BCUT2D eigenvalue weighted by molar-refractivity contribution is -0.139. The third kappa shape index (κ3) is 5.19. The fraction of sp³-hybridized carbons (Fsp3) is 0.500. The molecule has 0 aromatic carbocycles. The molecule has 1 N–H and O–H groups in total. The van der Waals surface area contributed by atoms with E-state index in [0.717, 1.165) is 6.08 Å². The largest absolute Gasteiger partial charge is 0.490 e. The van der Waals surface area contributed by atoms with Crippen LogP contribution in [0.1, 0.15) is 20.8 Å². The van der Waals surface area contributed by atoms with Crippen molar-refractivity contribution in [1.29, 1.82) is 0 Å². The summed E-state index contributed by atoms with van der Waals surface area (Å²) >= 11 is 0. The summed E-state index contributed by atoms with van der Waals surface area (Å²) in [6.45, 7) is 5.51. The lowest BCUT2D eigenvalue weighted by Crippen LogP contribution is -2.13. The molecule has 0 spiro atoms. The molecule has 0 unspecified atom stereocenters. The van der Waals surface area contributed by atoms with Crippen LogP contribution in [0.4, 0.5) is 0 Å². The fourth-order valence-corrected chi connectivity index (χ4v) is 1.05. The summed E-state index contributed by atoms with van der Waals surface area (Å²) in [5, 5.41) is 8.77. The average molecular weight is 242 g/mol. The molecule has 0 saturated carbocycles. The number of aliphatic carboxylic acids is 1. The Kier molecular flexibility index (Phi) is 5.44. The molecule has 0 aliphatic carbocycles. The molecule has 0 rings (SSSR count). The van der Waals surface area contributed by atoms with Crippen LogP contribution in [0.5, 0.6) is 0 Å². The Hall–Kier alpha value is -1.78. The molecule has 0 aliphatic rings. The van der Waals surface area contributed by atoms with E-state index in [4.69, 9.17) is 9.84 Å². The molecule has 0 heterocycles. The molecule has 96 valence electrons. The van der Waals surface area contributed by atoms with Gasteiger partial charge >= 0.3 is 11.9 Å². The van der Waals surface area contributed by atoms with Gasteiger partial charge in [0.15, 0.2) is 0 Å². The summed E-state index contributed by atoms with van der Waals surface area (Å²) < 4.78 is 9.38. The van der Waals surface area contributed by atoms with Crippen molar-refractivity contribution in [3.63, 3.8) is 0 Å². The second-order valence-corrected chi connectivity index (χ2v) is 4.39. The van der Waals surface area contributed by atoms with Gasteiger partial charge in [0, 0.05) is 6.08 Å². The molecular formula is C12H18O5. The summed E-state index contributed by atoms with van der Waals surface area (Å²) in [6.07, 6.45) is 2.42. The van der Waals surface area contributed by atoms with Gasteiger partial charge < -0.3 is 14.6 Å². The maximum absolute atomic E-state index is 11.3. The second-order valence-electron chi connectivity index (χ2n) is 4.39. The van der Waals surface area contributed by atoms with Gasteiger partial charge in [0.25, 0.3) is 0 Å². The molecule has 0 radical (unpaired) electrons. The number of methoxy groups -OCH3 is 2. The molecular weight excluding hydrogens is 224 g/mol. The van der Waals surface area contributed by atoms with Gasteiger partial charge in [-0.3, -0.25) is 0 Å². The Balaban J connectivity index is 5.43. The minimum absolute atomic E-state index is 0.0325. The zero-order chi connectivity index (χ0) is 13.6. The van der Waals surface area contributed by atoms with E-state index >= 15 is 0 Å². The van der Waals surface area contributed by atoms with E-state index in [-0.39, 0.29) is 5.76 Å². The minimum atomic E-state index is -1.08. The van der Waals surface area contributed by atoms with Crippen LogP contribution < -0.4 is 0 Å². The monoisotopic (exact) mass is 242 g/mol. The van der Waals surface area contributed by atoms with Crippen LogP contribution in [0.15, 0.2) is 23.5 Å². The van der Waals surface area contributed by atoms with Crippen molar-refractivity contribution < 1.29 is 24.2 Å². The number of hydrogen-bond donors (Lipinski definition) is 1. The van der Waals surface area contributed by atoms with Crippen molar-refractivity contribution in [3.05, 3.63) is 23.5 Å².